The van der Waals surface area contributed by atoms with Gasteiger partial charge < -0.3 is 4.57 Å². The van der Waals surface area contributed by atoms with Gasteiger partial charge in [-0.2, -0.15) is 5.26 Å². The van der Waals surface area contributed by atoms with Crippen molar-refractivity contribution in [3.63, 3.8) is 0 Å². The first-order valence-electron chi connectivity index (χ1n) is 7.33. The number of nitriles is 1. The number of fused-ring (bicyclic) bond motifs is 3. The fraction of sp³-hybridized carbons (Fsp3) is 0.471. The zero-order chi connectivity index (χ0) is 12.8. The van der Waals surface area contributed by atoms with Gasteiger partial charge in [-0.1, -0.05) is 12.5 Å². The molecule has 0 aliphatic heterocycles. The molecule has 0 radical (unpaired) electrons. The van der Waals surface area contributed by atoms with E-state index in [0.29, 0.717) is 0 Å². The van der Waals surface area contributed by atoms with Crippen molar-refractivity contribution >= 4 is 10.9 Å². The monoisotopic (exact) mass is 250 g/mol. The second-order valence-electron chi connectivity index (χ2n) is 6.25. The average Bonchev–Trinajstić information content (AvgIpc) is 3.14. The maximum Gasteiger partial charge on any atom is 0.0998 e. The molecular weight excluding hydrogens is 232 g/mol. The highest BCUT2D eigenvalue weighted by Gasteiger charge is 2.39. The van der Waals surface area contributed by atoms with Crippen LogP contribution in [0.25, 0.3) is 10.9 Å². The zero-order valence-electron chi connectivity index (χ0n) is 11.0. The van der Waals surface area contributed by atoms with Crippen molar-refractivity contribution in [2.45, 2.75) is 32.2 Å². The third-order valence-corrected chi connectivity index (χ3v) is 5.25. The Morgan fingerprint density at radius 2 is 2.16 bits per heavy atom. The Hall–Kier alpha value is -1.75. The van der Waals surface area contributed by atoms with Crippen LogP contribution in [0.1, 0.15) is 31.2 Å². The predicted octanol–water partition coefficient (Wildman–Crippen LogP) is 3.95. The lowest BCUT2D eigenvalue weighted by molar-refractivity contribution is 0.299. The molecule has 2 saturated carbocycles. The summed E-state index contributed by atoms with van der Waals surface area (Å²) >= 11 is 0. The smallest absolute Gasteiger partial charge is 0.0998 e. The van der Waals surface area contributed by atoms with Gasteiger partial charge in [0.05, 0.1) is 11.6 Å². The Kier molecular flexibility index (Phi) is 2.41. The van der Waals surface area contributed by atoms with Crippen molar-refractivity contribution in [3.05, 3.63) is 36.0 Å². The van der Waals surface area contributed by atoms with Crippen LogP contribution in [0.3, 0.4) is 0 Å². The summed E-state index contributed by atoms with van der Waals surface area (Å²) in [5.41, 5.74) is 2.02. The molecule has 2 nitrogen and oxygen atoms in total. The SMILES string of the molecule is N#Cc1cccc2c1ccn2CC1CC2CCC1C2. The van der Waals surface area contributed by atoms with Crippen LogP contribution in [-0.4, -0.2) is 4.57 Å². The van der Waals surface area contributed by atoms with Crippen molar-refractivity contribution < 1.29 is 0 Å². The minimum absolute atomic E-state index is 0.796. The lowest BCUT2D eigenvalue weighted by atomic mass is 9.89. The summed E-state index contributed by atoms with van der Waals surface area (Å²) in [6.07, 6.45) is 7.96. The van der Waals surface area contributed by atoms with Crippen LogP contribution >= 0.6 is 0 Å². The van der Waals surface area contributed by atoms with Crippen molar-refractivity contribution in [1.82, 2.24) is 4.57 Å². The standard InChI is InChI=1S/C17H18N2/c18-10-14-2-1-3-17-16(14)6-7-19(17)11-15-9-12-4-5-13(15)8-12/h1-3,6-7,12-13,15H,4-5,8-9,11H2. The zero-order valence-corrected chi connectivity index (χ0v) is 11.0. The van der Waals surface area contributed by atoms with Gasteiger partial charge in [0.15, 0.2) is 0 Å². The fourth-order valence-electron chi connectivity index (χ4n) is 4.33. The van der Waals surface area contributed by atoms with E-state index in [2.05, 4.69) is 29.0 Å². The molecule has 2 fully saturated rings. The van der Waals surface area contributed by atoms with Crippen LogP contribution in [0, 0.1) is 29.1 Å². The number of benzene rings is 1. The summed E-state index contributed by atoms with van der Waals surface area (Å²) in [7, 11) is 0. The molecule has 1 heterocycles. The molecule has 2 heteroatoms. The van der Waals surface area contributed by atoms with Gasteiger partial charge in [-0.3, -0.25) is 0 Å². The molecule has 0 spiro atoms. The van der Waals surface area contributed by atoms with Crippen LogP contribution in [0.15, 0.2) is 30.5 Å². The van der Waals surface area contributed by atoms with Crippen molar-refractivity contribution in [2.24, 2.45) is 17.8 Å². The number of hydrogen-bond donors (Lipinski definition) is 0. The molecule has 0 N–H and O–H groups in total. The van der Waals surface area contributed by atoms with Crippen molar-refractivity contribution in [3.8, 4) is 6.07 Å². The first-order chi connectivity index (χ1) is 9.35. The first kappa shape index (κ1) is 11.1. The number of nitrogens with zero attached hydrogens (tertiary/aromatic N) is 2. The molecule has 96 valence electrons. The van der Waals surface area contributed by atoms with Crippen LogP contribution in [0.5, 0.6) is 0 Å². The first-order valence-corrected chi connectivity index (χ1v) is 7.33. The van der Waals surface area contributed by atoms with E-state index in [4.69, 9.17) is 5.26 Å². The highest BCUT2D eigenvalue weighted by atomic mass is 15.0. The summed E-state index contributed by atoms with van der Waals surface area (Å²) < 4.78 is 2.36. The van der Waals surface area contributed by atoms with Crippen molar-refractivity contribution in [2.75, 3.05) is 0 Å². The van der Waals surface area contributed by atoms with E-state index >= 15 is 0 Å². The summed E-state index contributed by atoms with van der Waals surface area (Å²) in [6.45, 7) is 1.14. The second kappa shape index (κ2) is 4.13. The van der Waals surface area contributed by atoms with E-state index in [1.54, 1.807) is 0 Å². The molecule has 2 aliphatic carbocycles. The van der Waals surface area contributed by atoms with Crippen LogP contribution in [0.4, 0.5) is 0 Å². The molecule has 19 heavy (non-hydrogen) atoms. The third-order valence-electron chi connectivity index (χ3n) is 5.25. The van der Waals surface area contributed by atoms with E-state index in [-0.39, 0.29) is 0 Å². The van der Waals surface area contributed by atoms with Gasteiger partial charge >= 0.3 is 0 Å². The van der Waals surface area contributed by atoms with Gasteiger partial charge in [-0.15, -0.1) is 0 Å². The molecular formula is C17H18N2. The summed E-state index contributed by atoms with van der Waals surface area (Å²) in [6, 6.07) is 10.4. The molecule has 2 aromatic rings. The Morgan fingerprint density at radius 1 is 1.21 bits per heavy atom. The number of rotatable bonds is 2. The normalized spacial score (nSPS) is 28.9. The van der Waals surface area contributed by atoms with Gasteiger partial charge in [0.25, 0.3) is 0 Å². The summed E-state index contributed by atoms with van der Waals surface area (Å²) in [4.78, 5) is 0. The summed E-state index contributed by atoms with van der Waals surface area (Å²) in [5.74, 6) is 2.83. The molecule has 2 aliphatic rings. The van der Waals surface area contributed by atoms with E-state index in [1.165, 1.54) is 31.2 Å². The molecule has 1 aromatic carbocycles. The largest absolute Gasteiger partial charge is 0.347 e. The Morgan fingerprint density at radius 3 is 2.89 bits per heavy atom. The second-order valence-corrected chi connectivity index (χ2v) is 6.25. The lowest BCUT2D eigenvalue weighted by Gasteiger charge is -2.22. The quantitative estimate of drug-likeness (QED) is 0.793. The van der Waals surface area contributed by atoms with E-state index < -0.39 is 0 Å². The predicted molar refractivity (Wildman–Crippen MR) is 75.6 cm³/mol. The third kappa shape index (κ3) is 1.69. The minimum atomic E-state index is 0.796. The maximum absolute atomic E-state index is 9.16. The van der Waals surface area contributed by atoms with Crippen LogP contribution in [0.2, 0.25) is 0 Å². The molecule has 2 bridgehead atoms. The Labute approximate surface area is 113 Å². The molecule has 0 amide bonds. The maximum atomic E-state index is 9.16. The summed E-state index contributed by atoms with van der Waals surface area (Å²) in [5, 5.41) is 10.3. The Balaban J connectivity index is 1.67. The number of aromatic nitrogens is 1. The van der Waals surface area contributed by atoms with E-state index in [9.17, 15) is 0 Å². The van der Waals surface area contributed by atoms with Gasteiger partial charge in [0.1, 0.15) is 0 Å². The molecule has 4 rings (SSSR count). The lowest BCUT2D eigenvalue weighted by Crippen LogP contribution is -2.16. The van der Waals surface area contributed by atoms with Gasteiger partial charge in [-0.05, 0) is 55.2 Å². The molecule has 3 atom stereocenters. The van der Waals surface area contributed by atoms with Gasteiger partial charge in [0, 0.05) is 23.6 Å². The molecule has 1 aromatic heterocycles. The van der Waals surface area contributed by atoms with Gasteiger partial charge in [-0.25, -0.2) is 0 Å². The molecule has 3 unspecified atom stereocenters. The van der Waals surface area contributed by atoms with Crippen LogP contribution in [-0.2, 0) is 6.54 Å². The highest BCUT2D eigenvalue weighted by molar-refractivity contribution is 5.85. The van der Waals surface area contributed by atoms with Crippen LogP contribution < -0.4 is 0 Å². The number of hydrogen-bond acceptors (Lipinski definition) is 1. The topological polar surface area (TPSA) is 28.7 Å². The molecule has 0 saturated heterocycles. The van der Waals surface area contributed by atoms with E-state index in [0.717, 1.165) is 35.2 Å². The van der Waals surface area contributed by atoms with E-state index in [1.807, 2.05) is 12.1 Å². The van der Waals surface area contributed by atoms with Gasteiger partial charge in [0.2, 0.25) is 0 Å². The fourth-order valence-corrected chi connectivity index (χ4v) is 4.33. The van der Waals surface area contributed by atoms with Crippen molar-refractivity contribution in [1.29, 1.82) is 5.26 Å². The highest BCUT2D eigenvalue weighted by Crippen LogP contribution is 2.49. The Bertz CT molecular complexity index is 661. The average molecular weight is 250 g/mol. The minimum Gasteiger partial charge on any atom is -0.347 e.